The van der Waals surface area contributed by atoms with Crippen LogP contribution < -0.4 is 4.90 Å². The molecule has 2 aromatic rings. The number of hydrogen-bond donors (Lipinski definition) is 0. The van der Waals surface area contributed by atoms with Crippen molar-refractivity contribution in [2.75, 3.05) is 11.4 Å². The van der Waals surface area contributed by atoms with Crippen LogP contribution in [-0.2, 0) is 4.79 Å². The maximum Gasteiger partial charge on any atom is 0.227 e. The van der Waals surface area contributed by atoms with Crippen LogP contribution in [0.1, 0.15) is 28.1 Å². The van der Waals surface area contributed by atoms with E-state index in [2.05, 4.69) is 0 Å². The summed E-state index contributed by atoms with van der Waals surface area (Å²) in [6.45, 7) is 0.738. The van der Waals surface area contributed by atoms with Gasteiger partial charge in [-0.25, -0.2) is 0 Å². The van der Waals surface area contributed by atoms with Gasteiger partial charge in [-0.2, -0.15) is 0 Å². The van der Waals surface area contributed by atoms with E-state index >= 15 is 0 Å². The van der Waals surface area contributed by atoms with Gasteiger partial charge in [-0.3, -0.25) is 9.59 Å². The lowest BCUT2D eigenvalue weighted by molar-refractivity contribution is -0.117. The number of nitrogens with zero attached hydrogens (tertiary/aromatic N) is 1. The largest absolute Gasteiger partial charge is 0.312 e. The predicted octanol–water partition coefficient (Wildman–Crippen LogP) is 3.77. The van der Waals surface area contributed by atoms with Crippen molar-refractivity contribution in [1.29, 1.82) is 0 Å². The highest BCUT2D eigenvalue weighted by Crippen LogP contribution is 2.22. The number of rotatable bonds is 4. The molecular formula is C17H15NO2S. The average molecular weight is 297 g/mol. The molecule has 0 spiro atoms. The second kappa shape index (κ2) is 6.06. The molecule has 1 aromatic carbocycles. The summed E-state index contributed by atoms with van der Waals surface area (Å²) in [6, 6.07) is 11.2. The number of ketones is 1. The molecule has 1 amide bonds. The van der Waals surface area contributed by atoms with Crippen molar-refractivity contribution in [2.24, 2.45) is 0 Å². The SMILES string of the molecule is O=C(/C=C/c1cccs1)c1cccc(N2CCCC2=O)c1. The zero-order valence-electron chi connectivity index (χ0n) is 11.5. The molecule has 1 fully saturated rings. The molecule has 0 aliphatic carbocycles. The zero-order valence-corrected chi connectivity index (χ0v) is 12.3. The summed E-state index contributed by atoms with van der Waals surface area (Å²) < 4.78 is 0. The van der Waals surface area contributed by atoms with E-state index < -0.39 is 0 Å². The van der Waals surface area contributed by atoms with E-state index in [-0.39, 0.29) is 11.7 Å². The first-order valence-corrected chi connectivity index (χ1v) is 7.78. The van der Waals surface area contributed by atoms with Crippen LogP contribution in [0.25, 0.3) is 6.08 Å². The minimum atomic E-state index is -0.0445. The molecule has 0 atom stereocenters. The molecule has 1 aromatic heterocycles. The summed E-state index contributed by atoms with van der Waals surface area (Å²) in [6.07, 6.45) is 4.88. The van der Waals surface area contributed by atoms with Gasteiger partial charge >= 0.3 is 0 Å². The van der Waals surface area contributed by atoms with Crippen molar-refractivity contribution in [3.8, 4) is 0 Å². The van der Waals surface area contributed by atoms with Gasteiger partial charge in [-0.05, 0) is 42.2 Å². The van der Waals surface area contributed by atoms with Gasteiger partial charge in [0.25, 0.3) is 0 Å². The Morgan fingerprint density at radius 2 is 2.14 bits per heavy atom. The minimum Gasteiger partial charge on any atom is -0.312 e. The summed E-state index contributed by atoms with van der Waals surface area (Å²) in [4.78, 5) is 26.8. The highest BCUT2D eigenvalue weighted by atomic mass is 32.1. The topological polar surface area (TPSA) is 37.4 Å². The first-order valence-electron chi connectivity index (χ1n) is 6.90. The van der Waals surface area contributed by atoms with Crippen molar-refractivity contribution in [1.82, 2.24) is 0 Å². The molecule has 0 saturated carbocycles. The Labute approximate surface area is 127 Å². The Morgan fingerprint density at radius 3 is 2.86 bits per heavy atom. The van der Waals surface area contributed by atoms with E-state index in [1.807, 2.05) is 35.7 Å². The first kappa shape index (κ1) is 13.8. The molecule has 2 heterocycles. The van der Waals surface area contributed by atoms with Crippen LogP contribution in [0.3, 0.4) is 0 Å². The van der Waals surface area contributed by atoms with E-state index in [4.69, 9.17) is 0 Å². The summed E-state index contributed by atoms with van der Waals surface area (Å²) in [5, 5.41) is 1.98. The van der Waals surface area contributed by atoms with Gasteiger partial charge in [-0.1, -0.05) is 18.2 Å². The van der Waals surface area contributed by atoms with Crippen molar-refractivity contribution in [3.05, 3.63) is 58.3 Å². The number of carbonyl (C=O) groups excluding carboxylic acids is 2. The van der Waals surface area contributed by atoms with E-state index in [0.717, 1.165) is 23.5 Å². The van der Waals surface area contributed by atoms with Crippen LogP contribution in [0.15, 0.2) is 47.9 Å². The molecule has 106 valence electrons. The maximum atomic E-state index is 12.2. The molecule has 4 heteroatoms. The Morgan fingerprint density at radius 1 is 1.24 bits per heavy atom. The normalized spacial score (nSPS) is 15.0. The smallest absolute Gasteiger partial charge is 0.227 e. The third-order valence-electron chi connectivity index (χ3n) is 3.46. The molecule has 0 bridgehead atoms. The second-order valence-corrected chi connectivity index (χ2v) is 5.89. The summed E-state index contributed by atoms with van der Waals surface area (Å²) in [5.41, 5.74) is 1.42. The number of benzene rings is 1. The molecule has 1 aliphatic heterocycles. The molecule has 3 nitrogen and oxygen atoms in total. The molecule has 1 aliphatic rings. The van der Waals surface area contributed by atoms with Crippen molar-refractivity contribution >= 4 is 34.8 Å². The highest BCUT2D eigenvalue weighted by molar-refractivity contribution is 7.10. The summed E-state index contributed by atoms with van der Waals surface area (Å²) in [7, 11) is 0. The number of hydrogen-bond acceptors (Lipinski definition) is 3. The highest BCUT2D eigenvalue weighted by Gasteiger charge is 2.21. The third kappa shape index (κ3) is 3.11. The fraction of sp³-hybridized carbons (Fsp3) is 0.176. The lowest BCUT2D eigenvalue weighted by atomic mass is 10.1. The quantitative estimate of drug-likeness (QED) is 0.636. The standard InChI is InChI=1S/C17H15NO2S/c19-16(9-8-15-6-3-11-21-15)13-4-1-5-14(12-13)18-10-2-7-17(18)20/h1,3-6,8-9,11-12H,2,7,10H2/b9-8+. The van der Waals surface area contributed by atoms with Crippen LogP contribution in [0, 0.1) is 0 Å². The van der Waals surface area contributed by atoms with Crippen molar-refractivity contribution < 1.29 is 9.59 Å². The van der Waals surface area contributed by atoms with Crippen LogP contribution in [0.2, 0.25) is 0 Å². The van der Waals surface area contributed by atoms with Gasteiger partial charge in [0.05, 0.1) is 0 Å². The van der Waals surface area contributed by atoms with Gasteiger partial charge in [0, 0.05) is 29.1 Å². The van der Waals surface area contributed by atoms with E-state index in [1.165, 1.54) is 0 Å². The van der Waals surface area contributed by atoms with Gasteiger partial charge in [0.1, 0.15) is 0 Å². The lowest BCUT2D eigenvalue weighted by Gasteiger charge is -2.16. The maximum absolute atomic E-state index is 12.2. The molecule has 3 rings (SSSR count). The predicted molar refractivity (Wildman–Crippen MR) is 85.7 cm³/mol. The van der Waals surface area contributed by atoms with Gasteiger partial charge < -0.3 is 4.90 Å². The number of amides is 1. The Hall–Kier alpha value is -2.20. The van der Waals surface area contributed by atoms with E-state index in [0.29, 0.717) is 12.0 Å². The Kier molecular flexibility index (Phi) is 3.97. The van der Waals surface area contributed by atoms with Crippen molar-refractivity contribution in [2.45, 2.75) is 12.8 Å². The lowest BCUT2D eigenvalue weighted by Crippen LogP contribution is -2.23. The first-order chi connectivity index (χ1) is 10.2. The molecule has 21 heavy (non-hydrogen) atoms. The molecular weight excluding hydrogens is 282 g/mol. The van der Waals surface area contributed by atoms with E-state index in [9.17, 15) is 9.59 Å². The fourth-order valence-electron chi connectivity index (χ4n) is 2.39. The molecule has 0 unspecified atom stereocenters. The van der Waals surface area contributed by atoms with Gasteiger partial charge in [0.15, 0.2) is 5.78 Å². The fourth-order valence-corrected chi connectivity index (χ4v) is 3.01. The van der Waals surface area contributed by atoms with Crippen LogP contribution in [0.5, 0.6) is 0 Å². The van der Waals surface area contributed by atoms with Crippen LogP contribution in [0.4, 0.5) is 5.69 Å². The van der Waals surface area contributed by atoms with Crippen molar-refractivity contribution in [3.63, 3.8) is 0 Å². The summed E-state index contributed by atoms with van der Waals surface area (Å²) in [5.74, 6) is 0.0885. The number of thiophene rings is 1. The van der Waals surface area contributed by atoms with Gasteiger partial charge in [-0.15, -0.1) is 11.3 Å². The molecule has 1 saturated heterocycles. The Balaban J connectivity index is 1.79. The monoisotopic (exact) mass is 297 g/mol. The minimum absolute atomic E-state index is 0.0445. The number of anilines is 1. The summed E-state index contributed by atoms with van der Waals surface area (Å²) >= 11 is 1.59. The molecule has 0 N–H and O–H groups in total. The molecule has 0 radical (unpaired) electrons. The average Bonchev–Trinajstić information content (AvgIpc) is 3.16. The number of allylic oxidation sites excluding steroid dienone is 1. The third-order valence-corrected chi connectivity index (χ3v) is 4.30. The second-order valence-electron chi connectivity index (χ2n) is 4.91. The number of carbonyl (C=O) groups is 2. The van der Waals surface area contributed by atoms with Crippen LogP contribution in [-0.4, -0.2) is 18.2 Å². The Bertz CT molecular complexity index is 689. The van der Waals surface area contributed by atoms with Gasteiger partial charge in [0.2, 0.25) is 5.91 Å². The zero-order chi connectivity index (χ0) is 14.7. The van der Waals surface area contributed by atoms with Crippen LogP contribution >= 0.6 is 11.3 Å². The van der Waals surface area contributed by atoms with E-state index in [1.54, 1.807) is 34.4 Å².